The molecule has 0 aromatic heterocycles. The second-order valence-electron chi connectivity index (χ2n) is 8.06. The normalized spacial score (nSPS) is 11.6. The van der Waals surface area contributed by atoms with Gasteiger partial charge in [-0.1, -0.05) is 65.7 Å². The van der Waals surface area contributed by atoms with Gasteiger partial charge in [0.25, 0.3) is 5.69 Å². The van der Waals surface area contributed by atoms with E-state index in [0.29, 0.717) is 15.8 Å². The maximum atomic E-state index is 11.9. The smallest absolute Gasteiger partial charge is 0.258 e. The minimum atomic E-state index is -0.669. The molecule has 0 heterocycles. The molecule has 5 rings (SSSR count). The second kappa shape index (κ2) is 9.41. The van der Waals surface area contributed by atoms with Gasteiger partial charge < -0.3 is 0 Å². The number of hydrazone groups is 1. The molecule has 0 radical (unpaired) electrons. The van der Waals surface area contributed by atoms with E-state index in [-0.39, 0.29) is 17.9 Å². The predicted molar refractivity (Wildman–Crippen MR) is 140 cm³/mol. The first-order chi connectivity index (χ1) is 17.3. The van der Waals surface area contributed by atoms with Crippen molar-refractivity contribution in [3.63, 3.8) is 0 Å². The van der Waals surface area contributed by atoms with Gasteiger partial charge in [-0.25, -0.2) is 0 Å². The molecule has 0 fully saturated rings. The Morgan fingerprint density at radius 2 is 1.33 bits per heavy atom. The van der Waals surface area contributed by atoms with Crippen molar-refractivity contribution < 1.29 is 9.85 Å². The Bertz CT molecular complexity index is 1500. The van der Waals surface area contributed by atoms with E-state index >= 15 is 0 Å². The first kappa shape index (κ1) is 23.5. The monoisotopic (exact) mass is 518 g/mol. The van der Waals surface area contributed by atoms with Crippen LogP contribution in [-0.4, -0.2) is 15.6 Å². The van der Waals surface area contributed by atoms with Crippen molar-refractivity contribution in [2.75, 3.05) is 5.01 Å². The number of non-ortho nitro benzene ring substituents is 1. The molecular weight excluding hydrogens is 503 g/mol. The molecule has 0 atom stereocenters. The average Bonchev–Trinajstić information content (AvgIpc) is 3.15. The molecule has 0 amide bonds. The highest BCUT2D eigenvalue weighted by atomic mass is 35.5. The molecule has 4 aromatic carbocycles. The van der Waals surface area contributed by atoms with Crippen molar-refractivity contribution in [3.8, 4) is 11.1 Å². The third-order valence-corrected chi connectivity index (χ3v) is 6.27. The summed E-state index contributed by atoms with van der Waals surface area (Å²) in [6, 6.07) is 23.7. The molecule has 0 unspecified atom stereocenters. The van der Waals surface area contributed by atoms with Gasteiger partial charge in [0, 0.05) is 27.2 Å². The maximum Gasteiger partial charge on any atom is 0.301 e. The van der Waals surface area contributed by atoms with E-state index in [1.807, 2.05) is 42.5 Å². The first-order valence-corrected chi connectivity index (χ1v) is 11.5. The van der Waals surface area contributed by atoms with E-state index in [0.717, 1.165) is 33.9 Å². The molecule has 0 saturated heterocycles. The zero-order valence-electron chi connectivity index (χ0n) is 18.5. The van der Waals surface area contributed by atoms with E-state index in [1.165, 1.54) is 17.1 Å². The molecule has 8 nitrogen and oxygen atoms in total. The van der Waals surface area contributed by atoms with Crippen molar-refractivity contribution in [2.45, 2.75) is 6.54 Å². The van der Waals surface area contributed by atoms with E-state index in [2.05, 4.69) is 0 Å². The van der Waals surface area contributed by atoms with Crippen LogP contribution in [0.1, 0.15) is 16.7 Å². The van der Waals surface area contributed by atoms with Gasteiger partial charge in [0.15, 0.2) is 0 Å². The topological polar surface area (TPSA) is 102 Å². The quantitative estimate of drug-likeness (QED) is 0.174. The number of nitro benzene ring substituents is 2. The maximum absolute atomic E-state index is 11.9. The van der Waals surface area contributed by atoms with Crippen molar-refractivity contribution >= 4 is 46.0 Å². The van der Waals surface area contributed by atoms with Crippen LogP contribution in [0.15, 0.2) is 90.0 Å². The van der Waals surface area contributed by atoms with Gasteiger partial charge in [0.2, 0.25) is 0 Å². The standard InChI is InChI=1S/C26H16Cl2N4O4/c27-17-6-9-20-21-10-7-18(28)13-23(21)26(22(20)12-17)29-30(15-16-4-2-1-3-5-16)24-11-8-19(31(33)34)14-25(24)32(35)36/h1-14H,15H2. The van der Waals surface area contributed by atoms with Crippen LogP contribution in [0.2, 0.25) is 10.0 Å². The Balaban J connectivity index is 1.74. The molecule has 36 heavy (non-hydrogen) atoms. The summed E-state index contributed by atoms with van der Waals surface area (Å²) in [6.07, 6.45) is 0. The van der Waals surface area contributed by atoms with E-state index in [9.17, 15) is 20.2 Å². The molecule has 0 saturated carbocycles. The molecule has 1 aliphatic carbocycles. The fourth-order valence-corrected chi connectivity index (χ4v) is 4.53. The van der Waals surface area contributed by atoms with Crippen molar-refractivity contribution in [3.05, 3.63) is 132 Å². The molecule has 0 bridgehead atoms. The lowest BCUT2D eigenvalue weighted by molar-refractivity contribution is -0.393. The highest BCUT2D eigenvalue weighted by Gasteiger charge is 2.29. The summed E-state index contributed by atoms with van der Waals surface area (Å²) < 4.78 is 0. The molecule has 0 aliphatic heterocycles. The van der Waals surface area contributed by atoms with Crippen molar-refractivity contribution in [2.24, 2.45) is 5.10 Å². The Hall–Kier alpha value is -4.27. The minimum absolute atomic E-state index is 0.112. The predicted octanol–water partition coefficient (Wildman–Crippen LogP) is 7.25. The Kier molecular flexibility index (Phi) is 6.13. The van der Waals surface area contributed by atoms with Crippen LogP contribution in [0, 0.1) is 20.2 Å². The Labute approximate surface area is 215 Å². The van der Waals surface area contributed by atoms with Crippen LogP contribution in [0.3, 0.4) is 0 Å². The largest absolute Gasteiger partial charge is 0.301 e. The number of anilines is 1. The minimum Gasteiger partial charge on any atom is -0.258 e. The van der Waals surface area contributed by atoms with Gasteiger partial charge in [-0.3, -0.25) is 25.2 Å². The third kappa shape index (κ3) is 4.39. The zero-order chi connectivity index (χ0) is 25.4. The fourth-order valence-electron chi connectivity index (χ4n) is 4.19. The Morgan fingerprint density at radius 3 is 1.89 bits per heavy atom. The average molecular weight is 519 g/mol. The number of halogens is 2. The fraction of sp³-hybridized carbons (Fsp3) is 0.0385. The number of benzene rings is 4. The van der Waals surface area contributed by atoms with Gasteiger partial charge in [-0.05, 0) is 47.0 Å². The van der Waals surface area contributed by atoms with Crippen LogP contribution in [0.25, 0.3) is 11.1 Å². The van der Waals surface area contributed by atoms with Crippen molar-refractivity contribution in [1.29, 1.82) is 0 Å². The molecule has 1 aliphatic rings. The van der Waals surface area contributed by atoms with Gasteiger partial charge in [0.1, 0.15) is 5.69 Å². The second-order valence-corrected chi connectivity index (χ2v) is 8.93. The van der Waals surface area contributed by atoms with E-state index in [1.54, 1.807) is 24.3 Å². The summed E-state index contributed by atoms with van der Waals surface area (Å²) in [6.45, 7) is 0.175. The lowest BCUT2D eigenvalue weighted by Crippen LogP contribution is -2.20. The summed E-state index contributed by atoms with van der Waals surface area (Å²) in [5.74, 6) is 0. The summed E-state index contributed by atoms with van der Waals surface area (Å²) >= 11 is 12.6. The number of fused-ring (bicyclic) bond motifs is 3. The molecule has 178 valence electrons. The lowest BCUT2D eigenvalue weighted by atomic mass is 10.1. The van der Waals surface area contributed by atoms with Crippen LogP contribution in [0.5, 0.6) is 0 Å². The molecular formula is C26H16Cl2N4O4. The summed E-state index contributed by atoms with van der Waals surface area (Å²) in [4.78, 5) is 21.9. The summed E-state index contributed by atoms with van der Waals surface area (Å²) in [7, 11) is 0. The number of nitrogens with zero attached hydrogens (tertiary/aromatic N) is 4. The number of nitro groups is 2. The molecule has 4 aromatic rings. The van der Waals surface area contributed by atoms with Crippen LogP contribution in [-0.2, 0) is 6.54 Å². The van der Waals surface area contributed by atoms with Gasteiger partial charge in [-0.15, -0.1) is 0 Å². The van der Waals surface area contributed by atoms with E-state index in [4.69, 9.17) is 28.3 Å². The highest BCUT2D eigenvalue weighted by molar-refractivity contribution is 6.34. The zero-order valence-corrected chi connectivity index (χ0v) is 20.0. The van der Waals surface area contributed by atoms with Crippen LogP contribution >= 0.6 is 23.2 Å². The number of hydrogen-bond acceptors (Lipinski definition) is 6. The molecule has 0 N–H and O–H groups in total. The SMILES string of the molecule is O=[N+]([O-])c1ccc(N(Cc2ccccc2)N=C2c3cc(Cl)ccc3-c3ccc(Cl)cc32)c([N+](=O)[O-])c1. The Morgan fingerprint density at radius 1 is 0.722 bits per heavy atom. The first-order valence-electron chi connectivity index (χ1n) is 10.7. The van der Waals surface area contributed by atoms with Gasteiger partial charge >= 0.3 is 5.69 Å². The van der Waals surface area contributed by atoms with Gasteiger partial charge in [-0.2, -0.15) is 5.10 Å². The van der Waals surface area contributed by atoms with E-state index < -0.39 is 15.5 Å². The van der Waals surface area contributed by atoms with Gasteiger partial charge in [0.05, 0.1) is 28.2 Å². The van der Waals surface area contributed by atoms with Crippen LogP contribution in [0.4, 0.5) is 17.1 Å². The molecule has 10 heteroatoms. The summed E-state index contributed by atoms with van der Waals surface area (Å²) in [5, 5.41) is 30.6. The molecule has 0 spiro atoms. The third-order valence-electron chi connectivity index (χ3n) is 5.80. The van der Waals surface area contributed by atoms with Crippen molar-refractivity contribution in [1.82, 2.24) is 0 Å². The number of hydrogen-bond donors (Lipinski definition) is 0. The number of rotatable bonds is 6. The van der Waals surface area contributed by atoms with Crippen LogP contribution < -0.4 is 5.01 Å². The highest BCUT2D eigenvalue weighted by Crippen LogP contribution is 2.41. The summed E-state index contributed by atoms with van der Waals surface area (Å²) in [5.41, 5.74) is 3.99. The lowest BCUT2D eigenvalue weighted by Gasteiger charge is -2.21.